The molecule has 2 fully saturated rings. The van der Waals surface area contributed by atoms with Crippen molar-refractivity contribution in [2.24, 2.45) is 17.6 Å². The molecule has 1 aliphatic heterocycles. The Labute approximate surface area is 129 Å². The molecule has 7 heteroatoms. The first-order valence-electron chi connectivity index (χ1n) is 7.44. The van der Waals surface area contributed by atoms with Gasteiger partial charge in [-0.25, -0.2) is 4.98 Å². The topological polar surface area (TPSA) is 97.9 Å². The average molecular weight is 307 g/mol. The molecule has 3 rings (SSSR count). The number of anilines is 1. The van der Waals surface area contributed by atoms with Gasteiger partial charge < -0.3 is 25.2 Å². The van der Waals surface area contributed by atoms with Gasteiger partial charge in [-0.3, -0.25) is 4.79 Å². The Balaban J connectivity index is 1.72. The van der Waals surface area contributed by atoms with E-state index in [1.54, 1.807) is 13.2 Å². The van der Waals surface area contributed by atoms with E-state index in [1.165, 1.54) is 0 Å². The fourth-order valence-corrected chi connectivity index (χ4v) is 2.63. The lowest BCUT2D eigenvalue weighted by Gasteiger charge is -2.40. The number of hydrogen-bond acceptors (Lipinski definition) is 6. The number of nitrogens with zero attached hydrogens (tertiary/aromatic N) is 2. The van der Waals surface area contributed by atoms with Crippen LogP contribution in [-0.2, 0) is 4.74 Å². The summed E-state index contributed by atoms with van der Waals surface area (Å²) < 4.78 is 11.1. The minimum atomic E-state index is -0.575. The quantitative estimate of drug-likeness (QED) is 0.737. The van der Waals surface area contributed by atoms with Gasteiger partial charge in [0, 0.05) is 26.8 Å². The molecule has 0 unspecified atom stereocenters. The second-order valence-electron chi connectivity index (χ2n) is 5.90. The van der Waals surface area contributed by atoms with E-state index in [0.29, 0.717) is 24.3 Å². The highest BCUT2D eigenvalue weighted by atomic mass is 16.5. The van der Waals surface area contributed by atoms with Crippen LogP contribution in [0.5, 0.6) is 5.88 Å². The summed E-state index contributed by atoms with van der Waals surface area (Å²) in [7, 11) is 1.69. The molecule has 0 radical (unpaired) electrons. The molecule has 22 heavy (non-hydrogen) atoms. The van der Waals surface area contributed by atoms with Gasteiger partial charge in [0.15, 0.2) is 0 Å². The van der Waals surface area contributed by atoms with E-state index in [-0.39, 0.29) is 18.4 Å². The second kappa shape index (κ2) is 6.10. The predicted molar refractivity (Wildman–Crippen MR) is 79.9 cm³/mol. The third kappa shape index (κ3) is 3.00. The number of methoxy groups -OCH3 is 1. The first-order chi connectivity index (χ1) is 10.6. The summed E-state index contributed by atoms with van der Waals surface area (Å²) >= 11 is 0. The Morgan fingerprint density at radius 3 is 2.82 bits per heavy atom. The Bertz CT molecular complexity index is 560. The average Bonchev–Trinajstić information content (AvgIpc) is 3.23. The molecule has 2 atom stereocenters. The van der Waals surface area contributed by atoms with Crippen LogP contribution in [0.15, 0.2) is 12.1 Å². The monoisotopic (exact) mass is 307 g/mol. The molecule has 3 N–H and O–H groups in total. The summed E-state index contributed by atoms with van der Waals surface area (Å²) in [4.78, 5) is 17.6. The number of pyridine rings is 1. The summed E-state index contributed by atoms with van der Waals surface area (Å²) in [5, 5.41) is 9.08. The fourth-order valence-electron chi connectivity index (χ4n) is 2.63. The van der Waals surface area contributed by atoms with Crippen molar-refractivity contribution < 1.29 is 19.4 Å². The molecule has 1 aromatic rings. The SMILES string of the molecule is COC1CN(c2ccc(C(N)=O)nc2OC[C@H]2C[C@@H]2CO)C1. The van der Waals surface area contributed by atoms with Crippen LogP contribution in [0, 0.1) is 11.8 Å². The van der Waals surface area contributed by atoms with Crippen molar-refractivity contribution in [3.8, 4) is 5.88 Å². The number of carbonyl (C=O) groups excluding carboxylic acids is 1. The lowest BCUT2D eigenvalue weighted by atomic mass is 10.1. The Morgan fingerprint density at radius 2 is 2.23 bits per heavy atom. The van der Waals surface area contributed by atoms with Gasteiger partial charge in [0.05, 0.1) is 12.7 Å². The molecular formula is C15H21N3O4. The number of aromatic nitrogens is 1. The molecule has 2 aliphatic rings. The highest BCUT2D eigenvalue weighted by molar-refractivity contribution is 5.91. The van der Waals surface area contributed by atoms with Gasteiger partial charge in [-0.05, 0) is 30.4 Å². The van der Waals surface area contributed by atoms with E-state index >= 15 is 0 Å². The zero-order valence-electron chi connectivity index (χ0n) is 12.6. The number of carbonyl (C=O) groups is 1. The Morgan fingerprint density at radius 1 is 1.45 bits per heavy atom. The number of amides is 1. The summed E-state index contributed by atoms with van der Waals surface area (Å²) in [6.45, 7) is 2.23. The van der Waals surface area contributed by atoms with Crippen molar-refractivity contribution in [3.05, 3.63) is 17.8 Å². The number of hydrogen-bond donors (Lipinski definition) is 2. The van der Waals surface area contributed by atoms with Gasteiger partial charge in [0.2, 0.25) is 5.88 Å². The summed E-state index contributed by atoms with van der Waals surface area (Å²) in [5.41, 5.74) is 6.33. The molecular weight excluding hydrogens is 286 g/mol. The Hall–Kier alpha value is -1.86. The maximum Gasteiger partial charge on any atom is 0.267 e. The van der Waals surface area contributed by atoms with Gasteiger partial charge in [0.1, 0.15) is 11.4 Å². The molecule has 0 aromatic carbocycles. The van der Waals surface area contributed by atoms with E-state index in [0.717, 1.165) is 25.2 Å². The van der Waals surface area contributed by atoms with Crippen LogP contribution in [0.3, 0.4) is 0 Å². The van der Waals surface area contributed by atoms with Crippen molar-refractivity contribution in [3.63, 3.8) is 0 Å². The van der Waals surface area contributed by atoms with Gasteiger partial charge >= 0.3 is 0 Å². The van der Waals surface area contributed by atoms with E-state index < -0.39 is 5.91 Å². The number of nitrogens with two attached hydrogens (primary N) is 1. The van der Waals surface area contributed by atoms with Crippen LogP contribution < -0.4 is 15.4 Å². The van der Waals surface area contributed by atoms with Crippen molar-refractivity contribution >= 4 is 11.6 Å². The molecule has 1 saturated heterocycles. The number of aliphatic hydroxyl groups is 1. The predicted octanol–water partition coefficient (Wildman–Crippen LogP) is 0.0227. The second-order valence-corrected chi connectivity index (χ2v) is 5.90. The molecule has 1 aliphatic carbocycles. The van der Waals surface area contributed by atoms with Gasteiger partial charge in [-0.15, -0.1) is 0 Å². The highest BCUT2D eigenvalue weighted by Crippen LogP contribution is 2.39. The smallest absolute Gasteiger partial charge is 0.267 e. The summed E-state index contributed by atoms with van der Waals surface area (Å²) in [5.74, 6) is 0.536. The third-order valence-corrected chi connectivity index (χ3v) is 4.35. The highest BCUT2D eigenvalue weighted by Gasteiger charge is 2.37. The number of aliphatic hydroxyl groups excluding tert-OH is 1. The van der Waals surface area contributed by atoms with Crippen LogP contribution >= 0.6 is 0 Å². The number of primary amides is 1. The van der Waals surface area contributed by atoms with E-state index in [9.17, 15) is 4.79 Å². The molecule has 120 valence electrons. The van der Waals surface area contributed by atoms with E-state index in [2.05, 4.69) is 9.88 Å². The lowest BCUT2D eigenvalue weighted by Crippen LogP contribution is -2.52. The first kappa shape index (κ1) is 15.1. The molecule has 0 spiro atoms. The first-order valence-corrected chi connectivity index (χ1v) is 7.44. The van der Waals surface area contributed by atoms with Crippen molar-refractivity contribution in [2.45, 2.75) is 12.5 Å². The molecule has 2 heterocycles. The molecule has 7 nitrogen and oxygen atoms in total. The minimum Gasteiger partial charge on any atom is -0.476 e. The van der Waals surface area contributed by atoms with Gasteiger partial charge in [-0.1, -0.05) is 0 Å². The van der Waals surface area contributed by atoms with Gasteiger partial charge in [0.25, 0.3) is 5.91 Å². The van der Waals surface area contributed by atoms with Crippen molar-refractivity contribution in [1.82, 2.24) is 4.98 Å². The van der Waals surface area contributed by atoms with Crippen LogP contribution in [0.1, 0.15) is 16.9 Å². The number of ether oxygens (including phenoxy) is 2. The maximum atomic E-state index is 11.3. The molecule has 1 saturated carbocycles. The van der Waals surface area contributed by atoms with Crippen LogP contribution in [0.25, 0.3) is 0 Å². The summed E-state index contributed by atoms with van der Waals surface area (Å²) in [6, 6.07) is 3.42. The number of rotatable bonds is 7. The molecule has 1 aromatic heterocycles. The summed E-state index contributed by atoms with van der Waals surface area (Å²) in [6.07, 6.45) is 1.18. The standard InChI is InChI=1S/C15H21N3O4/c1-21-11-5-18(6-11)13-3-2-12(14(16)20)17-15(13)22-8-10-4-9(10)7-19/h2-3,9-11,19H,4-8H2,1H3,(H2,16,20)/t9-,10-/m1/s1. The van der Waals surface area contributed by atoms with Crippen LogP contribution in [0.2, 0.25) is 0 Å². The molecule has 1 amide bonds. The van der Waals surface area contributed by atoms with Crippen LogP contribution in [-0.4, -0.2) is 55.5 Å². The van der Waals surface area contributed by atoms with Crippen LogP contribution in [0.4, 0.5) is 5.69 Å². The van der Waals surface area contributed by atoms with E-state index in [1.807, 2.05) is 6.07 Å². The maximum absolute atomic E-state index is 11.3. The fraction of sp³-hybridized carbons (Fsp3) is 0.600. The lowest BCUT2D eigenvalue weighted by molar-refractivity contribution is 0.0782. The third-order valence-electron chi connectivity index (χ3n) is 4.35. The molecule has 0 bridgehead atoms. The largest absolute Gasteiger partial charge is 0.476 e. The van der Waals surface area contributed by atoms with Crippen molar-refractivity contribution in [1.29, 1.82) is 0 Å². The zero-order valence-corrected chi connectivity index (χ0v) is 12.6. The van der Waals surface area contributed by atoms with Crippen molar-refractivity contribution in [2.75, 3.05) is 38.3 Å². The van der Waals surface area contributed by atoms with E-state index in [4.69, 9.17) is 20.3 Å². The van der Waals surface area contributed by atoms with Gasteiger partial charge in [-0.2, -0.15) is 0 Å². The zero-order chi connectivity index (χ0) is 15.7. The minimum absolute atomic E-state index is 0.192. The Kier molecular flexibility index (Phi) is 4.17. The normalized spacial score (nSPS) is 24.0.